The molecule has 0 spiro atoms. The topological polar surface area (TPSA) is 34.0 Å². The summed E-state index contributed by atoms with van der Waals surface area (Å²) in [6.07, 6.45) is 1.38. The molecule has 2 aromatic carbocycles. The number of amides is 1. The lowest BCUT2D eigenvalue weighted by Gasteiger charge is -2.10. The molecule has 0 atom stereocenters. The van der Waals surface area contributed by atoms with E-state index in [-0.39, 0.29) is 5.91 Å². The number of aromatic nitrogens is 1. The van der Waals surface area contributed by atoms with E-state index in [0.717, 1.165) is 19.5 Å². The van der Waals surface area contributed by atoms with Gasteiger partial charge in [0.15, 0.2) is 0 Å². The van der Waals surface area contributed by atoms with Crippen LogP contribution in [-0.2, 0) is 24.2 Å². The van der Waals surface area contributed by atoms with Crippen molar-refractivity contribution in [3.8, 4) is 0 Å². The smallest absolute Gasteiger partial charge is 0.225 e. The molecule has 0 saturated heterocycles. The number of benzene rings is 2. The van der Waals surface area contributed by atoms with E-state index >= 15 is 0 Å². The van der Waals surface area contributed by atoms with Crippen LogP contribution in [0.3, 0.4) is 0 Å². The van der Waals surface area contributed by atoms with Crippen LogP contribution < -0.4 is 5.32 Å². The second-order valence-electron chi connectivity index (χ2n) is 5.79. The van der Waals surface area contributed by atoms with Crippen molar-refractivity contribution >= 4 is 16.8 Å². The van der Waals surface area contributed by atoms with Crippen molar-refractivity contribution in [1.82, 2.24) is 9.88 Å². The van der Waals surface area contributed by atoms with Crippen LogP contribution in [0.1, 0.15) is 16.8 Å². The lowest BCUT2D eigenvalue weighted by Crippen LogP contribution is -2.25. The third-order valence-corrected chi connectivity index (χ3v) is 4.40. The number of hydrogen-bond donors (Lipinski definition) is 1. The average molecular weight is 290 g/mol. The molecule has 0 bridgehead atoms. The van der Waals surface area contributed by atoms with Gasteiger partial charge in [0, 0.05) is 29.7 Å². The Hall–Kier alpha value is -2.55. The van der Waals surface area contributed by atoms with Crippen LogP contribution in [0.25, 0.3) is 10.9 Å². The van der Waals surface area contributed by atoms with Crippen molar-refractivity contribution in [2.75, 3.05) is 6.54 Å². The first-order valence-electron chi connectivity index (χ1n) is 7.72. The molecule has 1 amide bonds. The van der Waals surface area contributed by atoms with Crippen LogP contribution >= 0.6 is 0 Å². The van der Waals surface area contributed by atoms with Gasteiger partial charge in [0.25, 0.3) is 0 Å². The summed E-state index contributed by atoms with van der Waals surface area (Å²) in [5, 5.41) is 4.26. The Kier molecular flexibility index (Phi) is 3.19. The van der Waals surface area contributed by atoms with Crippen LogP contribution in [0, 0.1) is 0 Å². The third-order valence-electron chi connectivity index (χ3n) is 4.40. The molecule has 3 heteroatoms. The highest BCUT2D eigenvalue weighted by Gasteiger charge is 2.21. The van der Waals surface area contributed by atoms with Gasteiger partial charge in [0.2, 0.25) is 5.91 Å². The fourth-order valence-corrected chi connectivity index (χ4v) is 3.40. The molecule has 1 aliphatic heterocycles. The van der Waals surface area contributed by atoms with Gasteiger partial charge in [-0.25, -0.2) is 0 Å². The van der Waals surface area contributed by atoms with E-state index < -0.39 is 0 Å². The number of nitrogens with zero attached hydrogens (tertiary/aromatic N) is 1. The van der Waals surface area contributed by atoms with Crippen molar-refractivity contribution in [2.24, 2.45) is 0 Å². The number of fused-ring (bicyclic) bond motifs is 3. The first-order chi connectivity index (χ1) is 10.8. The maximum atomic E-state index is 12.0. The van der Waals surface area contributed by atoms with Crippen LogP contribution in [-0.4, -0.2) is 17.0 Å². The van der Waals surface area contributed by atoms with Gasteiger partial charge in [-0.05, 0) is 23.6 Å². The van der Waals surface area contributed by atoms with E-state index in [0.29, 0.717) is 6.42 Å². The monoisotopic (exact) mass is 290 g/mol. The van der Waals surface area contributed by atoms with Gasteiger partial charge < -0.3 is 9.88 Å². The molecule has 4 rings (SSSR count). The molecule has 1 aliphatic rings. The van der Waals surface area contributed by atoms with Crippen LogP contribution in [0.5, 0.6) is 0 Å². The van der Waals surface area contributed by atoms with Crippen molar-refractivity contribution in [2.45, 2.75) is 19.4 Å². The molecule has 0 unspecified atom stereocenters. The second kappa shape index (κ2) is 5.34. The van der Waals surface area contributed by atoms with Gasteiger partial charge in [-0.3, -0.25) is 4.79 Å². The first kappa shape index (κ1) is 13.1. The number of carbonyl (C=O) groups is 1. The van der Waals surface area contributed by atoms with E-state index in [2.05, 4.69) is 58.4 Å². The highest BCUT2D eigenvalue weighted by Crippen LogP contribution is 2.29. The number of nitrogens with one attached hydrogen (secondary N) is 1. The quantitative estimate of drug-likeness (QED) is 0.773. The molecule has 3 nitrogen and oxygen atoms in total. The summed E-state index contributed by atoms with van der Waals surface area (Å²) in [4.78, 5) is 12.0. The molecule has 110 valence electrons. The van der Waals surface area contributed by atoms with E-state index in [9.17, 15) is 4.79 Å². The zero-order valence-corrected chi connectivity index (χ0v) is 12.4. The van der Waals surface area contributed by atoms with Crippen LogP contribution in [0.4, 0.5) is 0 Å². The largest absolute Gasteiger partial charge is 0.355 e. The Labute approximate surface area is 129 Å². The van der Waals surface area contributed by atoms with Gasteiger partial charge in [-0.2, -0.15) is 0 Å². The van der Waals surface area contributed by atoms with Crippen molar-refractivity contribution < 1.29 is 4.79 Å². The Morgan fingerprint density at radius 1 is 1.00 bits per heavy atom. The van der Waals surface area contributed by atoms with Gasteiger partial charge in [-0.1, -0.05) is 48.5 Å². The van der Waals surface area contributed by atoms with Gasteiger partial charge in [0.1, 0.15) is 0 Å². The summed E-state index contributed by atoms with van der Waals surface area (Å²) >= 11 is 0. The Morgan fingerprint density at radius 2 is 1.77 bits per heavy atom. The lowest BCUT2D eigenvalue weighted by atomic mass is 10.1. The van der Waals surface area contributed by atoms with Crippen molar-refractivity contribution in [3.05, 3.63) is 71.4 Å². The maximum absolute atomic E-state index is 12.0. The summed E-state index contributed by atoms with van der Waals surface area (Å²) in [6.45, 7) is 1.54. The summed E-state index contributed by atoms with van der Waals surface area (Å²) in [5.74, 6) is 0.121. The summed E-state index contributed by atoms with van der Waals surface area (Å²) in [6, 6.07) is 18.9. The molecule has 0 saturated carbocycles. The van der Waals surface area contributed by atoms with Gasteiger partial charge in [-0.15, -0.1) is 0 Å². The molecular weight excluding hydrogens is 272 g/mol. The minimum atomic E-state index is 0.121. The maximum Gasteiger partial charge on any atom is 0.225 e. The average Bonchev–Trinajstić information content (AvgIpc) is 2.70. The fraction of sp³-hybridized carbons (Fsp3) is 0.211. The molecule has 0 radical (unpaired) electrons. The van der Waals surface area contributed by atoms with E-state index in [1.165, 1.54) is 27.7 Å². The molecule has 22 heavy (non-hydrogen) atoms. The number of carbonyl (C=O) groups excluding carboxylic acids is 1. The summed E-state index contributed by atoms with van der Waals surface area (Å²) in [7, 11) is 0. The van der Waals surface area contributed by atoms with Crippen molar-refractivity contribution in [3.63, 3.8) is 0 Å². The zero-order chi connectivity index (χ0) is 14.9. The second-order valence-corrected chi connectivity index (χ2v) is 5.79. The van der Waals surface area contributed by atoms with E-state index in [1.54, 1.807) is 0 Å². The normalized spacial score (nSPS) is 14.5. The molecule has 1 aromatic heterocycles. The Bertz CT molecular complexity index is 833. The van der Waals surface area contributed by atoms with Gasteiger partial charge >= 0.3 is 0 Å². The first-order valence-corrected chi connectivity index (χ1v) is 7.72. The van der Waals surface area contributed by atoms with E-state index in [1.807, 2.05) is 6.07 Å². The predicted molar refractivity (Wildman–Crippen MR) is 87.9 cm³/mol. The fourth-order valence-electron chi connectivity index (χ4n) is 3.40. The Morgan fingerprint density at radius 3 is 2.64 bits per heavy atom. The standard InChI is InChI=1S/C19H18N2O/c22-19-12-18-16(10-11-20-19)15-8-4-5-9-17(15)21(18)13-14-6-2-1-3-7-14/h1-9H,10-13H2,(H,20,22). The number of rotatable bonds is 2. The molecule has 1 N–H and O–H groups in total. The highest BCUT2D eigenvalue weighted by molar-refractivity contribution is 5.89. The number of para-hydroxylation sites is 1. The van der Waals surface area contributed by atoms with Crippen LogP contribution in [0.2, 0.25) is 0 Å². The lowest BCUT2D eigenvalue weighted by molar-refractivity contribution is -0.120. The molecular formula is C19H18N2O. The predicted octanol–water partition coefficient (Wildman–Crippen LogP) is 2.90. The Balaban J connectivity index is 1.90. The van der Waals surface area contributed by atoms with E-state index in [4.69, 9.17) is 0 Å². The minimum absolute atomic E-state index is 0.121. The molecule has 2 heterocycles. The highest BCUT2D eigenvalue weighted by atomic mass is 16.1. The molecule has 0 aliphatic carbocycles. The van der Waals surface area contributed by atoms with Gasteiger partial charge in [0.05, 0.1) is 6.42 Å². The molecule has 0 fully saturated rings. The third kappa shape index (κ3) is 2.19. The van der Waals surface area contributed by atoms with Crippen LogP contribution in [0.15, 0.2) is 54.6 Å². The zero-order valence-electron chi connectivity index (χ0n) is 12.4. The summed E-state index contributed by atoms with van der Waals surface area (Å²) < 4.78 is 2.31. The number of hydrogen-bond acceptors (Lipinski definition) is 1. The molecule has 3 aromatic rings. The van der Waals surface area contributed by atoms with Crippen molar-refractivity contribution in [1.29, 1.82) is 0 Å². The minimum Gasteiger partial charge on any atom is -0.355 e. The SMILES string of the molecule is O=C1Cc2c(c3ccccc3n2Cc2ccccc2)CCN1. The summed E-state index contributed by atoms with van der Waals surface area (Å²) in [5.41, 5.74) is 4.98.